The van der Waals surface area contributed by atoms with Gasteiger partial charge in [-0.25, -0.2) is 9.87 Å². The number of carbonyl (C=O) groups is 1. The van der Waals surface area contributed by atoms with Crippen LogP contribution in [-0.2, 0) is 24.3 Å². The molecule has 1 aromatic carbocycles. The van der Waals surface area contributed by atoms with Crippen molar-refractivity contribution < 1.29 is 29.1 Å². The van der Waals surface area contributed by atoms with Crippen molar-refractivity contribution in [2.75, 3.05) is 18.8 Å². The van der Waals surface area contributed by atoms with Gasteiger partial charge in [-0.3, -0.25) is 9.59 Å². The summed E-state index contributed by atoms with van der Waals surface area (Å²) in [5.74, 6) is -0.00601. The van der Waals surface area contributed by atoms with E-state index in [1.165, 1.54) is 18.2 Å². The van der Waals surface area contributed by atoms with Gasteiger partial charge in [-0.15, -0.1) is 0 Å². The summed E-state index contributed by atoms with van der Waals surface area (Å²) in [7, 11) is 1.26. The second-order valence-electron chi connectivity index (χ2n) is 4.63. The van der Waals surface area contributed by atoms with Crippen LogP contribution in [0.25, 0.3) is 0 Å². The van der Waals surface area contributed by atoms with E-state index in [1.807, 2.05) is 0 Å². The molecule has 10 nitrogen and oxygen atoms in total. The van der Waals surface area contributed by atoms with Crippen LogP contribution in [0.4, 0.5) is 11.5 Å². The lowest BCUT2D eigenvalue weighted by Gasteiger charge is -2.28. The van der Waals surface area contributed by atoms with E-state index in [2.05, 4.69) is 24.5 Å². The van der Waals surface area contributed by atoms with Crippen LogP contribution in [0.5, 0.6) is 5.75 Å². The maximum Gasteiger partial charge on any atom is 0.272 e. The number of anilines is 2. The molecule has 0 amide bonds. The number of aromatic nitrogens is 1. The summed E-state index contributed by atoms with van der Waals surface area (Å²) < 4.78 is 5.11. The van der Waals surface area contributed by atoms with Gasteiger partial charge in [0.25, 0.3) is 17.1 Å². The lowest BCUT2D eigenvalue weighted by Crippen LogP contribution is -2.46. The number of hydrogen-bond acceptors (Lipinski definition) is 10. The zero-order valence-corrected chi connectivity index (χ0v) is 12.4. The van der Waals surface area contributed by atoms with Crippen LogP contribution in [0.15, 0.2) is 34.0 Å². The van der Waals surface area contributed by atoms with Crippen molar-refractivity contribution in [3.63, 3.8) is 0 Å². The molecule has 2 heterocycles. The van der Waals surface area contributed by atoms with Crippen molar-refractivity contribution in [1.82, 2.24) is 4.98 Å². The van der Waals surface area contributed by atoms with Crippen LogP contribution < -0.4 is 20.5 Å². The van der Waals surface area contributed by atoms with E-state index in [9.17, 15) is 14.4 Å². The number of aldehydes is 1. The molecule has 1 saturated heterocycles. The largest absolute Gasteiger partial charge is 0.458 e. The number of hydrogen-bond donors (Lipinski definition) is 0. The molecule has 1 aromatic heterocycles. The molecule has 1 fully saturated rings. The minimum absolute atomic E-state index is 0.130. The van der Waals surface area contributed by atoms with Gasteiger partial charge in [0.2, 0.25) is 12.5 Å². The van der Waals surface area contributed by atoms with Crippen molar-refractivity contribution in [2.45, 2.75) is 12.3 Å². The molecule has 24 heavy (non-hydrogen) atoms. The van der Waals surface area contributed by atoms with Crippen molar-refractivity contribution in [3.05, 3.63) is 44.8 Å². The molecule has 0 bridgehead atoms. The van der Waals surface area contributed by atoms with Gasteiger partial charge < -0.3 is 14.4 Å². The molecule has 1 atom stereocenters. The van der Waals surface area contributed by atoms with Crippen molar-refractivity contribution in [3.8, 4) is 5.75 Å². The maximum atomic E-state index is 12.1. The Hall–Kier alpha value is -2.66. The third-order valence-electron chi connectivity index (χ3n) is 3.27. The molecule has 3 rings (SSSR count). The molecule has 2 aromatic rings. The van der Waals surface area contributed by atoms with Crippen LogP contribution in [0.3, 0.4) is 0 Å². The lowest BCUT2D eigenvalue weighted by molar-refractivity contribution is -0.303. The minimum atomic E-state index is -1.02. The van der Waals surface area contributed by atoms with Crippen LogP contribution >= 0.6 is 0 Å². The molecule has 0 radical (unpaired) electrons. The number of pyridine rings is 1. The average molecular weight is 336 g/mol. The van der Waals surface area contributed by atoms with E-state index in [1.54, 1.807) is 18.2 Å². The summed E-state index contributed by atoms with van der Waals surface area (Å²) in [4.78, 5) is 58.9. The quantitative estimate of drug-likeness (QED) is 0.114. The van der Waals surface area contributed by atoms with Gasteiger partial charge in [-0.1, -0.05) is 6.07 Å². The van der Waals surface area contributed by atoms with Gasteiger partial charge >= 0.3 is 0 Å². The summed E-state index contributed by atoms with van der Waals surface area (Å²) in [6.45, 7) is -0.410. The normalized spacial score (nSPS) is 15.2. The Morgan fingerprint density at radius 1 is 1.33 bits per heavy atom. The van der Waals surface area contributed by atoms with Crippen molar-refractivity contribution in [2.24, 2.45) is 0 Å². The van der Waals surface area contributed by atoms with E-state index in [4.69, 9.17) is 4.74 Å². The summed E-state index contributed by atoms with van der Waals surface area (Å²) in [6.07, 6.45) is 1.12. The van der Waals surface area contributed by atoms with Crippen LogP contribution in [0, 0.1) is 0 Å². The van der Waals surface area contributed by atoms with Gasteiger partial charge in [0.1, 0.15) is 23.8 Å². The highest BCUT2D eigenvalue weighted by atomic mass is 17.4. The van der Waals surface area contributed by atoms with E-state index in [0.717, 1.165) is 0 Å². The third kappa shape index (κ3) is 2.90. The second-order valence-corrected chi connectivity index (χ2v) is 4.63. The van der Waals surface area contributed by atoms with Gasteiger partial charge in [0, 0.05) is 6.20 Å². The Labute approximate surface area is 134 Å². The Bertz CT molecular complexity index is 782. The van der Waals surface area contributed by atoms with Crippen LogP contribution in [-0.4, -0.2) is 37.5 Å². The maximum absolute atomic E-state index is 12.1. The Balaban J connectivity index is 2.00. The standard InChI is InChI=1S/C14H12N2O8/c1-20-22-7-21-13-10(11(18)12(13)19)16(8(6-17)14-23-24-14)9-4-2-3-5-15-9/h2-6,8,14H,7H2,1H3. The fourth-order valence-corrected chi connectivity index (χ4v) is 2.15. The molecular weight excluding hydrogens is 324 g/mol. The summed E-state index contributed by atoms with van der Waals surface area (Å²) >= 11 is 0. The van der Waals surface area contributed by atoms with Gasteiger partial charge in [0.15, 0.2) is 0 Å². The summed E-state index contributed by atoms with van der Waals surface area (Å²) in [5, 5.41) is 0. The molecule has 1 aliphatic heterocycles. The number of carbonyl (C=O) groups excluding carboxylic acids is 1. The molecule has 0 saturated carbocycles. The molecule has 0 aliphatic carbocycles. The average Bonchev–Trinajstić information content (AvgIpc) is 3.45. The van der Waals surface area contributed by atoms with E-state index in [-0.39, 0.29) is 17.3 Å². The fourth-order valence-electron chi connectivity index (χ4n) is 2.15. The predicted octanol–water partition coefficient (Wildman–Crippen LogP) is -0.415. The second kappa shape index (κ2) is 6.84. The third-order valence-corrected chi connectivity index (χ3v) is 3.27. The van der Waals surface area contributed by atoms with Crippen LogP contribution in [0.1, 0.15) is 0 Å². The first kappa shape index (κ1) is 16.2. The first-order valence-electron chi connectivity index (χ1n) is 6.78. The highest BCUT2D eigenvalue weighted by Crippen LogP contribution is 2.34. The first-order chi connectivity index (χ1) is 11.7. The lowest BCUT2D eigenvalue weighted by atomic mass is 10.1. The molecule has 0 N–H and O–H groups in total. The molecule has 126 valence electrons. The van der Waals surface area contributed by atoms with Gasteiger partial charge in [0.05, 0.1) is 7.11 Å². The highest BCUT2D eigenvalue weighted by Gasteiger charge is 2.44. The Morgan fingerprint density at radius 2 is 2.12 bits per heavy atom. The first-order valence-corrected chi connectivity index (χ1v) is 6.78. The van der Waals surface area contributed by atoms with Crippen molar-refractivity contribution in [1.29, 1.82) is 0 Å². The predicted molar refractivity (Wildman–Crippen MR) is 77.1 cm³/mol. The smallest absolute Gasteiger partial charge is 0.272 e. The van der Waals surface area contributed by atoms with E-state index < -0.39 is 30.0 Å². The van der Waals surface area contributed by atoms with E-state index in [0.29, 0.717) is 6.29 Å². The molecule has 1 aliphatic rings. The van der Waals surface area contributed by atoms with Gasteiger partial charge in [-0.05, 0) is 12.1 Å². The Kier molecular flexibility index (Phi) is 4.62. The van der Waals surface area contributed by atoms with E-state index >= 15 is 0 Å². The monoisotopic (exact) mass is 336 g/mol. The zero-order valence-electron chi connectivity index (χ0n) is 12.4. The van der Waals surface area contributed by atoms with Crippen LogP contribution in [0.2, 0.25) is 0 Å². The highest BCUT2D eigenvalue weighted by molar-refractivity contribution is 5.78. The topological polar surface area (TPSA) is 120 Å². The number of rotatable bonds is 9. The summed E-state index contributed by atoms with van der Waals surface area (Å²) in [5.41, 5.74) is -1.79. The molecular formula is C14H12N2O8. The zero-order chi connectivity index (χ0) is 17.1. The molecule has 10 heteroatoms. The fraction of sp³-hybridized carbons (Fsp3) is 0.286. The molecule has 0 spiro atoms. The number of nitrogens with zero attached hydrogens (tertiary/aromatic N) is 2. The SMILES string of the molecule is COOCOc1c(N(c2ccccn2)C(C=O)C2OO2)c(=O)c1=O. The summed E-state index contributed by atoms with van der Waals surface area (Å²) in [6, 6.07) is 3.86. The Morgan fingerprint density at radius 3 is 2.71 bits per heavy atom. The van der Waals surface area contributed by atoms with Crippen molar-refractivity contribution >= 4 is 17.8 Å². The minimum Gasteiger partial charge on any atom is -0.458 e. The van der Waals surface area contributed by atoms with Gasteiger partial charge in [-0.2, -0.15) is 14.7 Å². The number of ether oxygens (including phenoxy) is 1. The molecule has 1 unspecified atom stereocenters.